The SMILES string of the molecule is CC(C)(C)C(=O)OC(=O)/C=C/c1cccnc1. The standard InChI is InChI=1S/C13H15NO3/c1-13(2,3)12(16)17-11(15)7-6-10-5-4-8-14-9-10/h4-9H,1-3H3/b7-6+. The zero-order valence-electron chi connectivity index (χ0n) is 10.1. The van der Waals surface area contributed by atoms with Gasteiger partial charge in [-0.25, -0.2) is 4.79 Å². The third kappa shape index (κ3) is 4.59. The van der Waals surface area contributed by atoms with Gasteiger partial charge in [0.15, 0.2) is 0 Å². The van der Waals surface area contributed by atoms with Crippen LogP contribution in [0.4, 0.5) is 0 Å². The molecule has 0 N–H and O–H groups in total. The molecule has 0 saturated heterocycles. The summed E-state index contributed by atoms with van der Waals surface area (Å²) >= 11 is 0. The average molecular weight is 233 g/mol. The minimum atomic E-state index is -0.683. The van der Waals surface area contributed by atoms with Crippen molar-refractivity contribution in [3.05, 3.63) is 36.2 Å². The van der Waals surface area contributed by atoms with Crippen molar-refractivity contribution in [2.45, 2.75) is 20.8 Å². The van der Waals surface area contributed by atoms with Crippen LogP contribution >= 0.6 is 0 Å². The van der Waals surface area contributed by atoms with E-state index in [0.717, 1.165) is 5.56 Å². The van der Waals surface area contributed by atoms with Gasteiger partial charge >= 0.3 is 11.9 Å². The summed E-state index contributed by atoms with van der Waals surface area (Å²) in [7, 11) is 0. The maximum absolute atomic E-state index is 11.4. The zero-order valence-corrected chi connectivity index (χ0v) is 10.1. The normalized spacial score (nSPS) is 11.5. The van der Waals surface area contributed by atoms with E-state index in [0.29, 0.717) is 0 Å². The third-order valence-corrected chi connectivity index (χ3v) is 1.90. The molecule has 4 nitrogen and oxygen atoms in total. The van der Waals surface area contributed by atoms with Gasteiger partial charge in [0.2, 0.25) is 0 Å². The monoisotopic (exact) mass is 233 g/mol. The van der Waals surface area contributed by atoms with Crippen molar-refractivity contribution in [2.75, 3.05) is 0 Å². The summed E-state index contributed by atoms with van der Waals surface area (Å²) in [6, 6.07) is 3.55. The maximum atomic E-state index is 11.4. The highest BCUT2D eigenvalue weighted by molar-refractivity contribution is 5.96. The van der Waals surface area contributed by atoms with Gasteiger partial charge in [-0.05, 0) is 38.5 Å². The van der Waals surface area contributed by atoms with Gasteiger partial charge in [-0.15, -0.1) is 0 Å². The molecular weight excluding hydrogens is 218 g/mol. The Kier molecular flexibility index (Phi) is 4.15. The van der Waals surface area contributed by atoms with Gasteiger partial charge in [-0.3, -0.25) is 9.78 Å². The van der Waals surface area contributed by atoms with E-state index < -0.39 is 17.4 Å². The lowest BCUT2D eigenvalue weighted by atomic mass is 9.97. The van der Waals surface area contributed by atoms with Gasteiger partial charge in [0.05, 0.1) is 5.41 Å². The molecule has 1 rings (SSSR count). The molecule has 0 spiro atoms. The fourth-order valence-corrected chi connectivity index (χ4v) is 0.917. The molecule has 0 aromatic carbocycles. The summed E-state index contributed by atoms with van der Waals surface area (Å²) in [4.78, 5) is 26.6. The van der Waals surface area contributed by atoms with Gasteiger partial charge in [0.25, 0.3) is 0 Å². The predicted octanol–water partition coefficient (Wildman–Crippen LogP) is 2.21. The second kappa shape index (κ2) is 5.39. The highest BCUT2D eigenvalue weighted by Crippen LogP contribution is 2.15. The first-order valence-electron chi connectivity index (χ1n) is 5.24. The second-order valence-corrected chi connectivity index (χ2v) is 4.58. The number of hydrogen-bond donors (Lipinski definition) is 0. The molecule has 1 heterocycles. The van der Waals surface area contributed by atoms with Crippen LogP contribution in [-0.4, -0.2) is 16.9 Å². The van der Waals surface area contributed by atoms with Crippen molar-refractivity contribution in [3.63, 3.8) is 0 Å². The van der Waals surface area contributed by atoms with Crippen LogP contribution in [0.3, 0.4) is 0 Å². The van der Waals surface area contributed by atoms with Crippen molar-refractivity contribution in [3.8, 4) is 0 Å². The minimum Gasteiger partial charge on any atom is -0.389 e. The Balaban J connectivity index is 2.57. The maximum Gasteiger partial charge on any atom is 0.338 e. The molecule has 0 bridgehead atoms. The van der Waals surface area contributed by atoms with Crippen LogP contribution in [0.25, 0.3) is 6.08 Å². The van der Waals surface area contributed by atoms with Gasteiger partial charge in [-0.2, -0.15) is 0 Å². The molecule has 1 aromatic heterocycles. The summed E-state index contributed by atoms with van der Waals surface area (Å²) in [5.41, 5.74) is 0.0882. The number of carbonyl (C=O) groups excluding carboxylic acids is 2. The first-order chi connectivity index (χ1) is 7.89. The first kappa shape index (κ1) is 13.1. The molecule has 0 aliphatic heterocycles. The quantitative estimate of drug-likeness (QED) is 0.446. The fraction of sp³-hybridized carbons (Fsp3) is 0.308. The molecule has 0 amide bonds. The summed E-state index contributed by atoms with van der Waals surface area (Å²) < 4.78 is 4.65. The summed E-state index contributed by atoms with van der Waals surface area (Å²) in [5.74, 6) is -1.22. The second-order valence-electron chi connectivity index (χ2n) is 4.58. The van der Waals surface area contributed by atoms with Crippen LogP contribution < -0.4 is 0 Å². The van der Waals surface area contributed by atoms with Crippen molar-refractivity contribution in [1.82, 2.24) is 4.98 Å². The lowest BCUT2D eigenvalue weighted by Gasteiger charge is -2.14. The number of carbonyl (C=O) groups is 2. The van der Waals surface area contributed by atoms with Crippen LogP contribution in [0.5, 0.6) is 0 Å². The van der Waals surface area contributed by atoms with Crippen molar-refractivity contribution >= 4 is 18.0 Å². The average Bonchev–Trinajstić information content (AvgIpc) is 2.26. The molecule has 0 atom stereocenters. The third-order valence-electron chi connectivity index (χ3n) is 1.90. The van der Waals surface area contributed by atoms with Crippen molar-refractivity contribution in [1.29, 1.82) is 0 Å². The van der Waals surface area contributed by atoms with Crippen LogP contribution in [-0.2, 0) is 14.3 Å². The smallest absolute Gasteiger partial charge is 0.338 e. The van der Waals surface area contributed by atoms with E-state index >= 15 is 0 Å². The van der Waals surface area contributed by atoms with E-state index in [1.807, 2.05) is 0 Å². The molecule has 0 aliphatic rings. The Hall–Kier alpha value is -1.97. The summed E-state index contributed by atoms with van der Waals surface area (Å²) in [6.45, 7) is 5.06. The van der Waals surface area contributed by atoms with Gasteiger partial charge in [0.1, 0.15) is 0 Å². The zero-order chi connectivity index (χ0) is 12.9. The van der Waals surface area contributed by atoms with Crippen LogP contribution in [0, 0.1) is 5.41 Å². The van der Waals surface area contributed by atoms with Gasteiger partial charge in [-0.1, -0.05) is 6.07 Å². The number of rotatable bonds is 2. The molecule has 0 saturated carbocycles. The van der Waals surface area contributed by atoms with Crippen LogP contribution in [0.1, 0.15) is 26.3 Å². The lowest BCUT2D eigenvalue weighted by Crippen LogP contribution is -2.25. The van der Waals surface area contributed by atoms with E-state index in [4.69, 9.17) is 0 Å². The number of nitrogens with zero attached hydrogens (tertiary/aromatic N) is 1. The van der Waals surface area contributed by atoms with E-state index in [1.165, 1.54) is 6.08 Å². The number of ether oxygens (including phenoxy) is 1. The molecule has 0 radical (unpaired) electrons. The molecule has 90 valence electrons. The minimum absolute atomic E-state index is 0.543. The molecule has 0 fully saturated rings. The van der Waals surface area contributed by atoms with E-state index in [1.54, 1.807) is 51.4 Å². The number of pyridine rings is 1. The Morgan fingerprint density at radius 3 is 2.59 bits per heavy atom. The van der Waals surface area contributed by atoms with E-state index in [2.05, 4.69) is 9.72 Å². The molecule has 1 aromatic rings. The lowest BCUT2D eigenvalue weighted by molar-refractivity contribution is -0.162. The number of hydrogen-bond acceptors (Lipinski definition) is 4. The van der Waals surface area contributed by atoms with Gasteiger partial charge < -0.3 is 4.74 Å². The van der Waals surface area contributed by atoms with Crippen molar-refractivity contribution < 1.29 is 14.3 Å². The molecule has 0 aliphatic carbocycles. The van der Waals surface area contributed by atoms with Crippen LogP contribution in [0.2, 0.25) is 0 Å². The molecule has 17 heavy (non-hydrogen) atoms. The topological polar surface area (TPSA) is 56.3 Å². The number of aromatic nitrogens is 1. The molecule has 0 unspecified atom stereocenters. The fourth-order valence-electron chi connectivity index (χ4n) is 0.917. The van der Waals surface area contributed by atoms with E-state index in [-0.39, 0.29) is 0 Å². The Labute approximate surface area is 100 Å². The Morgan fingerprint density at radius 2 is 2.06 bits per heavy atom. The summed E-state index contributed by atoms with van der Waals surface area (Å²) in [6.07, 6.45) is 6.00. The van der Waals surface area contributed by atoms with Crippen LogP contribution in [0.15, 0.2) is 30.6 Å². The Morgan fingerprint density at radius 1 is 1.35 bits per heavy atom. The molecule has 4 heteroatoms. The predicted molar refractivity (Wildman–Crippen MR) is 63.8 cm³/mol. The number of esters is 2. The van der Waals surface area contributed by atoms with Crippen molar-refractivity contribution in [2.24, 2.45) is 5.41 Å². The Bertz CT molecular complexity index is 430. The van der Waals surface area contributed by atoms with E-state index in [9.17, 15) is 9.59 Å². The highest BCUT2D eigenvalue weighted by Gasteiger charge is 2.24. The largest absolute Gasteiger partial charge is 0.389 e. The highest BCUT2D eigenvalue weighted by atomic mass is 16.6. The first-order valence-corrected chi connectivity index (χ1v) is 5.24. The summed E-state index contributed by atoms with van der Waals surface area (Å²) in [5, 5.41) is 0. The molecular formula is C13H15NO3. The van der Waals surface area contributed by atoms with Gasteiger partial charge in [0, 0.05) is 18.5 Å².